The van der Waals surface area contributed by atoms with Gasteiger partial charge in [-0.05, 0) is 31.4 Å². The maximum atomic E-state index is 2.52. The van der Waals surface area contributed by atoms with Gasteiger partial charge >= 0.3 is 0 Å². The van der Waals surface area contributed by atoms with Crippen LogP contribution in [0.3, 0.4) is 0 Å². The molecule has 162 valence electrons. The van der Waals surface area contributed by atoms with E-state index in [0.717, 1.165) is 0 Å². The van der Waals surface area contributed by atoms with Gasteiger partial charge in [-0.1, -0.05) is 103 Å². The first-order valence-corrected chi connectivity index (χ1v) is 12.5. The molecule has 0 saturated heterocycles. The van der Waals surface area contributed by atoms with Crippen LogP contribution in [0.4, 0.5) is 0 Å². The molecular formula is C27H45N2+. The van der Waals surface area contributed by atoms with Crippen molar-refractivity contribution in [1.82, 2.24) is 4.57 Å². The molecule has 0 bridgehead atoms. The van der Waals surface area contributed by atoms with Gasteiger partial charge in [0.05, 0.1) is 6.54 Å². The molecule has 0 spiro atoms. The molecule has 1 aromatic heterocycles. The first-order chi connectivity index (χ1) is 14.4. The molecule has 2 aromatic rings. The van der Waals surface area contributed by atoms with E-state index < -0.39 is 0 Å². The molecule has 2 rings (SSSR count). The summed E-state index contributed by atoms with van der Waals surface area (Å²) in [6.45, 7) is 5.75. The number of rotatable bonds is 17. The maximum Gasteiger partial charge on any atom is 0.261 e. The third-order valence-corrected chi connectivity index (χ3v) is 6.05. The van der Waals surface area contributed by atoms with E-state index in [2.05, 4.69) is 65.7 Å². The average molecular weight is 398 g/mol. The Morgan fingerprint density at radius 1 is 0.655 bits per heavy atom. The summed E-state index contributed by atoms with van der Waals surface area (Å²) in [4.78, 5) is 0. The van der Waals surface area contributed by atoms with Crippen molar-refractivity contribution in [3.8, 4) is 5.69 Å². The fourth-order valence-electron chi connectivity index (χ4n) is 4.23. The van der Waals surface area contributed by atoms with Crippen LogP contribution >= 0.6 is 0 Å². The zero-order valence-corrected chi connectivity index (χ0v) is 19.2. The van der Waals surface area contributed by atoms with Crippen LogP contribution in [0, 0.1) is 0 Å². The Labute approximate surface area is 180 Å². The molecule has 0 fully saturated rings. The van der Waals surface area contributed by atoms with Crippen molar-refractivity contribution < 1.29 is 4.57 Å². The lowest BCUT2D eigenvalue weighted by Gasteiger charge is -2.06. The van der Waals surface area contributed by atoms with E-state index in [4.69, 9.17) is 0 Å². The lowest BCUT2D eigenvalue weighted by atomic mass is 10.1. The van der Waals surface area contributed by atoms with Crippen LogP contribution in [0.1, 0.15) is 110 Å². The molecule has 0 atom stereocenters. The minimum atomic E-state index is 1.17. The van der Waals surface area contributed by atoms with Crippen LogP contribution < -0.4 is 4.57 Å². The van der Waals surface area contributed by atoms with Gasteiger partial charge in [0.2, 0.25) is 0 Å². The van der Waals surface area contributed by atoms with Crippen molar-refractivity contribution in [2.24, 2.45) is 0 Å². The molecule has 0 amide bonds. The smallest absolute Gasteiger partial charge is 0.234 e. The highest BCUT2D eigenvalue weighted by Crippen LogP contribution is 2.14. The number of aromatic nitrogens is 2. The van der Waals surface area contributed by atoms with Crippen LogP contribution in [-0.2, 0) is 13.0 Å². The number of unbranched alkanes of at least 4 members (excludes halogenated alkanes) is 12. The number of para-hydroxylation sites is 1. The Bertz CT molecular complexity index is 629. The van der Waals surface area contributed by atoms with Crippen LogP contribution in [0.2, 0.25) is 0 Å². The van der Waals surface area contributed by atoms with Crippen molar-refractivity contribution >= 4 is 0 Å². The largest absolute Gasteiger partial charge is 0.261 e. The Morgan fingerprint density at radius 3 is 1.83 bits per heavy atom. The van der Waals surface area contributed by atoms with Gasteiger partial charge in [-0.2, -0.15) is 4.57 Å². The number of aryl methyl sites for hydroxylation is 1. The maximum absolute atomic E-state index is 2.52. The van der Waals surface area contributed by atoms with E-state index in [1.807, 2.05) is 0 Å². The predicted octanol–water partition coefficient (Wildman–Crippen LogP) is 7.81. The number of nitrogens with zero attached hydrogens (tertiary/aromatic N) is 2. The second-order valence-electron chi connectivity index (χ2n) is 8.61. The Balaban J connectivity index is 1.77. The highest BCUT2D eigenvalue weighted by atomic mass is 15.1. The van der Waals surface area contributed by atoms with Crippen LogP contribution in [0.15, 0.2) is 42.7 Å². The SMILES string of the molecule is CCCCCCCCCCCC[n+]1ccn(-c2ccccc2)c1CCCCCC. The first kappa shape index (κ1) is 23.7. The predicted molar refractivity (Wildman–Crippen MR) is 126 cm³/mol. The zero-order valence-electron chi connectivity index (χ0n) is 19.2. The van der Waals surface area contributed by atoms with Gasteiger partial charge < -0.3 is 0 Å². The monoisotopic (exact) mass is 397 g/mol. The summed E-state index contributed by atoms with van der Waals surface area (Å²) >= 11 is 0. The van der Waals surface area contributed by atoms with Gasteiger partial charge in [0.25, 0.3) is 5.82 Å². The lowest BCUT2D eigenvalue weighted by Crippen LogP contribution is -2.37. The Hall–Kier alpha value is -1.57. The molecule has 0 N–H and O–H groups in total. The van der Waals surface area contributed by atoms with Gasteiger partial charge in [-0.25, -0.2) is 4.57 Å². The summed E-state index contributed by atoms with van der Waals surface area (Å²) in [5.74, 6) is 1.48. The summed E-state index contributed by atoms with van der Waals surface area (Å²) in [6, 6.07) is 10.8. The fourth-order valence-corrected chi connectivity index (χ4v) is 4.23. The van der Waals surface area contributed by atoms with Gasteiger partial charge in [0.15, 0.2) is 0 Å². The molecule has 0 unspecified atom stereocenters. The first-order valence-electron chi connectivity index (χ1n) is 12.5. The quantitative estimate of drug-likeness (QED) is 0.190. The average Bonchev–Trinajstić information content (AvgIpc) is 3.16. The molecule has 0 aliphatic carbocycles. The lowest BCUT2D eigenvalue weighted by molar-refractivity contribution is -0.704. The molecule has 29 heavy (non-hydrogen) atoms. The molecule has 0 saturated carbocycles. The molecule has 1 heterocycles. The number of hydrogen-bond acceptors (Lipinski definition) is 0. The van der Waals surface area contributed by atoms with Crippen molar-refractivity contribution in [2.45, 2.75) is 117 Å². The summed E-state index contributed by atoms with van der Waals surface area (Å²) in [7, 11) is 0. The van der Waals surface area contributed by atoms with E-state index in [1.54, 1.807) is 0 Å². The Morgan fingerprint density at radius 2 is 1.21 bits per heavy atom. The standard InChI is InChI=1S/C27H45N2/c1-3-5-7-9-10-11-12-13-14-19-23-28-24-25-29(26-20-16-15-17-21-26)27(28)22-18-8-6-4-2/h15-17,20-21,24-25H,3-14,18-19,22-23H2,1-2H3/q+1. The second-order valence-corrected chi connectivity index (χ2v) is 8.61. The fraction of sp³-hybridized carbons (Fsp3) is 0.667. The highest BCUT2D eigenvalue weighted by Gasteiger charge is 2.18. The second kappa shape index (κ2) is 15.3. The van der Waals surface area contributed by atoms with Crippen molar-refractivity contribution in [3.63, 3.8) is 0 Å². The minimum absolute atomic E-state index is 1.17. The van der Waals surface area contributed by atoms with Crippen LogP contribution in [0.25, 0.3) is 5.69 Å². The Kier molecular flexibility index (Phi) is 12.5. The van der Waals surface area contributed by atoms with E-state index in [9.17, 15) is 0 Å². The molecule has 2 heteroatoms. The van der Waals surface area contributed by atoms with E-state index >= 15 is 0 Å². The van der Waals surface area contributed by atoms with Crippen molar-refractivity contribution in [2.75, 3.05) is 0 Å². The number of benzene rings is 1. The topological polar surface area (TPSA) is 8.81 Å². The number of hydrogen-bond donors (Lipinski definition) is 0. The third kappa shape index (κ3) is 9.19. The molecule has 0 aliphatic rings. The normalized spacial score (nSPS) is 11.2. The summed E-state index contributed by atoms with van der Waals surface area (Å²) in [5.41, 5.74) is 1.29. The van der Waals surface area contributed by atoms with E-state index in [1.165, 1.54) is 114 Å². The summed E-state index contributed by atoms with van der Waals surface area (Å²) < 4.78 is 4.92. The molecule has 0 aliphatic heterocycles. The molecule has 0 radical (unpaired) electrons. The van der Waals surface area contributed by atoms with E-state index in [-0.39, 0.29) is 0 Å². The number of imidazole rings is 1. The summed E-state index contributed by atoms with van der Waals surface area (Å²) in [5, 5.41) is 0. The molecule has 1 aromatic carbocycles. The van der Waals surface area contributed by atoms with Crippen molar-refractivity contribution in [1.29, 1.82) is 0 Å². The van der Waals surface area contributed by atoms with Gasteiger partial charge in [0.1, 0.15) is 18.1 Å². The van der Waals surface area contributed by atoms with Gasteiger partial charge in [-0.15, -0.1) is 0 Å². The van der Waals surface area contributed by atoms with Crippen LogP contribution in [-0.4, -0.2) is 4.57 Å². The highest BCUT2D eigenvalue weighted by molar-refractivity contribution is 5.31. The minimum Gasteiger partial charge on any atom is -0.234 e. The molecule has 2 nitrogen and oxygen atoms in total. The zero-order chi connectivity index (χ0) is 20.6. The van der Waals surface area contributed by atoms with Gasteiger partial charge in [0, 0.05) is 6.42 Å². The van der Waals surface area contributed by atoms with E-state index in [0.29, 0.717) is 0 Å². The van der Waals surface area contributed by atoms with Crippen LogP contribution in [0.5, 0.6) is 0 Å². The van der Waals surface area contributed by atoms with Gasteiger partial charge in [-0.3, -0.25) is 0 Å². The van der Waals surface area contributed by atoms with Crippen molar-refractivity contribution in [3.05, 3.63) is 48.5 Å². The molecular weight excluding hydrogens is 352 g/mol. The summed E-state index contributed by atoms with van der Waals surface area (Å²) in [6.07, 6.45) is 25.1. The third-order valence-electron chi connectivity index (χ3n) is 6.05.